The van der Waals surface area contributed by atoms with Crippen molar-refractivity contribution in [2.24, 2.45) is 11.7 Å². The molecule has 0 aliphatic carbocycles. The average molecular weight is 370 g/mol. The van der Waals surface area contributed by atoms with E-state index in [1.54, 1.807) is 0 Å². The van der Waals surface area contributed by atoms with Gasteiger partial charge in [0.15, 0.2) is 0 Å². The van der Waals surface area contributed by atoms with Gasteiger partial charge in [0.25, 0.3) is 0 Å². The summed E-state index contributed by atoms with van der Waals surface area (Å²) in [5.41, 5.74) is 5.09. The number of nitrogens with two attached hydrogens (primary N) is 1. The Morgan fingerprint density at radius 3 is 1.35 bits per heavy atom. The number of carboxylic acid groups (broad SMARTS) is 1. The Morgan fingerprint density at radius 2 is 1.04 bits per heavy atom. The molecule has 1 unspecified atom stereocenters. The summed E-state index contributed by atoms with van der Waals surface area (Å²) in [5, 5.41) is 9.04. The lowest BCUT2D eigenvalue weighted by atomic mass is 9.97. The molecule has 0 saturated carbocycles. The molecule has 3 N–H and O–H groups in total. The highest BCUT2D eigenvalue weighted by molar-refractivity contribution is 5.80. The van der Waals surface area contributed by atoms with Gasteiger partial charge in [0.05, 0.1) is 5.92 Å². The minimum Gasteiger partial charge on any atom is -0.481 e. The summed E-state index contributed by atoms with van der Waals surface area (Å²) in [5.74, 6) is -2.02. The van der Waals surface area contributed by atoms with Crippen LogP contribution in [0.3, 0.4) is 0 Å². The van der Waals surface area contributed by atoms with E-state index in [2.05, 4.69) is 6.92 Å². The zero-order chi connectivity index (χ0) is 19.5. The zero-order valence-corrected chi connectivity index (χ0v) is 17.1. The number of carbonyl (C=O) groups excluding carboxylic acids is 1. The van der Waals surface area contributed by atoms with E-state index in [9.17, 15) is 9.59 Å². The number of hydrogen-bond donors (Lipinski definition) is 2. The molecule has 0 aromatic rings. The predicted octanol–water partition coefficient (Wildman–Crippen LogP) is 6.21. The lowest BCUT2D eigenvalue weighted by Crippen LogP contribution is -2.22. The van der Waals surface area contributed by atoms with Crippen molar-refractivity contribution in [3.05, 3.63) is 0 Å². The van der Waals surface area contributed by atoms with Crippen molar-refractivity contribution in [3.8, 4) is 0 Å². The summed E-state index contributed by atoms with van der Waals surface area (Å²) in [4.78, 5) is 21.9. The molecule has 0 spiro atoms. The van der Waals surface area contributed by atoms with Crippen LogP contribution in [0.2, 0.25) is 0 Å². The fraction of sp³-hybridized carbons (Fsp3) is 0.909. The average Bonchev–Trinajstić information content (AvgIpc) is 2.59. The number of hydrogen-bond acceptors (Lipinski definition) is 2. The van der Waals surface area contributed by atoms with Gasteiger partial charge in [-0.25, -0.2) is 0 Å². The third-order valence-electron chi connectivity index (χ3n) is 5.20. The van der Waals surface area contributed by atoms with Crippen molar-refractivity contribution in [1.82, 2.24) is 0 Å². The second-order valence-corrected chi connectivity index (χ2v) is 7.80. The summed E-state index contributed by atoms with van der Waals surface area (Å²) in [6.07, 6.45) is 21.4. The summed E-state index contributed by atoms with van der Waals surface area (Å²) < 4.78 is 0. The molecule has 0 rings (SSSR count). The van der Waals surface area contributed by atoms with Gasteiger partial charge in [0.1, 0.15) is 0 Å². The number of primary amides is 1. The molecule has 154 valence electrons. The second-order valence-electron chi connectivity index (χ2n) is 7.80. The van der Waals surface area contributed by atoms with Crippen LogP contribution in [-0.2, 0) is 9.59 Å². The smallest absolute Gasteiger partial charge is 0.307 e. The Kier molecular flexibility index (Phi) is 18.0. The Balaban J connectivity index is 3.26. The Bertz CT molecular complexity index is 344. The molecule has 4 heteroatoms. The largest absolute Gasteiger partial charge is 0.481 e. The molecule has 0 fully saturated rings. The number of unbranched alkanes of at least 4 members (excludes halogenated alkanes) is 15. The van der Waals surface area contributed by atoms with Gasteiger partial charge < -0.3 is 10.8 Å². The van der Waals surface area contributed by atoms with Gasteiger partial charge >= 0.3 is 5.97 Å². The first-order chi connectivity index (χ1) is 12.6. The molecule has 0 radical (unpaired) electrons. The first kappa shape index (κ1) is 24.9. The maximum absolute atomic E-state index is 11.0. The summed E-state index contributed by atoms with van der Waals surface area (Å²) in [6.45, 7) is 2.27. The minimum absolute atomic E-state index is 0.0337. The number of carbonyl (C=O) groups is 2. The topological polar surface area (TPSA) is 80.4 Å². The maximum atomic E-state index is 11.0. The van der Waals surface area contributed by atoms with Gasteiger partial charge in [-0.1, -0.05) is 110 Å². The van der Waals surface area contributed by atoms with Gasteiger partial charge in [-0.2, -0.15) is 0 Å². The van der Waals surface area contributed by atoms with E-state index in [-0.39, 0.29) is 6.42 Å². The third-order valence-corrected chi connectivity index (χ3v) is 5.20. The lowest BCUT2D eigenvalue weighted by molar-refractivity contribution is -0.144. The van der Waals surface area contributed by atoms with E-state index in [0.29, 0.717) is 6.42 Å². The summed E-state index contributed by atoms with van der Waals surface area (Å²) >= 11 is 0. The lowest BCUT2D eigenvalue weighted by Gasteiger charge is -2.09. The van der Waals surface area contributed by atoms with Crippen LogP contribution in [0.25, 0.3) is 0 Å². The third kappa shape index (κ3) is 17.8. The fourth-order valence-corrected chi connectivity index (χ4v) is 3.49. The van der Waals surface area contributed by atoms with Gasteiger partial charge in [0, 0.05) is 6.42 Å². The van der Waals surface area contributed by atoms with Crippen LogP contribution < -0.4 is 5.73 Å². The molecule has 0 bridgehead atoms. The molecule has 0 heterocycles. The van der Waals surface area contributed by atoms with Crippen LogP contribution in [0, 0.1) is 5.92 Å². The maximum Gasteiger partial charge on any atom is 0.307 e. The van der Waals surface area contributed by atoms with E-state index in [4.69, 9.17) is 10.8 Å². The highest BCUT2D eigenvalue weighted by atomic mass is 16.4. The molecule has 0 aliphatic rings. The zero-order valence-electron chi connectivity index (χ0n) is 17.1. The Hall–Kier alpha value is -1.06. The second kappa shape index (κ2) is 18.7. The number of amides is 1. The standard InChI is InChI=1S/C22H43NO3/c1-2-3-4-5-6-7-8-9-10-11-12-13-14-15-16-17-18-20(22(25)26)19-21(23)24/h20H,2-19H2,1H3,(H2,23,24)(H,25,26). The van der Waals surface area contributed by atoms with E-state index in [0.717, 1.165) is 12.8 Å². The highest BCUT2D eigenvalue weighted by Crippen LogP contribution is 2.17. The van der Waals surface area contributed by atoms with Crippen LogP contribution in [-0.4, -0.2) is 17.0 Å². The quantitative estimate of drug-likeness (QED) is 0.250. The first-order valence-corrected chi connectivity index (χ1v) is 11.1. The van der Waals surface area contributed by atoms with E-state index in [1.807, 2.05) is 0 Å². The van der Waals surface area contributed by atoms with Crippen LogP contribution >= 0.6 is 0 Å². The van der Waals surface area contributed by atoms with Gasteiger partial charge in [0.2, 0.25) is 5.91 Å². The van der Waals surface area contributed by atoms with Gasteiger partial charge in [-0.3, -0.25) is 9.59 Å². The predicted molar refractivity (Wildman–Crippen MR) is 109 cm³/mol. The minimum atomic E-state index is -0.898. The summed E-state index contributed by atoms with van der Waals surface area (Å²) in [6, 6.07) is 0. The van der Waals surface area contributed by atoms with Gasteiger partial charge in [-0.05, 0) is 6.42 Å². The molecular weight excluding hydrogens is 326 g/mol. The molecule has 0 aromatic heterocycles. The fourth-order valence-electron chi connectivity index (χ4n) is 3.49. The molecule has 4 nitrogen and oxygen atoms in total. The van der Waals surface area contributed by atoms with Crippen molar-refractivity contribution in [3.63, 3.8) is 0 Å². The molecule has 26 heavy (non-hydrogen) atoms. The molecule has 0 aliphatic heterocycles. The Morgan fingerprint density at radius 1 is 0.692 bits per heavy atom. The molecule has 1 amide bonds. The van der Waals surface area contributed by atoms with E-state index in [1.165, 1.54) is 89.9 Å². The van der Waals surface area contributed by atoms with Crippen molar-refractivity contribution in [2.45, 2.75) is 122 Å². The van der Waals surface area contributed by atoms with Gasteiger partial charge in [-0.15, -0.1) is 0 Å². The molecular formula is C22H43NO3. The number of rotatable bonds is 20. The molecule has 0 saturated heterocycles. The summed E-state index contributed by atoms with van der Waals surface area (Å²) in [7, 11) is 0. The van der Waals surface area contributed by atoms with E-state index >= 15 is 0 Å². The van der Waals surface area contributed by atoms with E-state index < -0.39 is 17.8 Å². The SMILES string of the molecule is CCCCCCCCCCCCCCCCCCC(CC(N)=O)C(=O)O. The van der Waals surface area contributed by atoms with Crippen molar-refractivity contribution in [2.75, 3.05) is 0 Å². The molecule has 0 aromatic carbocycles. The van der Waals surface area contributed by atoms with Crippen LogP contribution in [0.15, 0.2) is 0 Å². The van der Waals surface area contributed by atoms with Crippen molar-refractivity contribution < 1.29 is 14.7 Å². The normalized spacial score (nSPS) is 12.2. The monoisotopic (exact) mass is 369 g/mol. The van der Waals surface area contributed by atoms with Crippen LogP contribution in [0.5, 0.6) is 0 Å². The van der Waals surface area contributed by atoms with Crippen LogP contribution in [0.1, 0.15) is 122 Å². The highest BCUT2D eigenvalue weighted by Gasteiger charge is 2.19. The van der Waals surface area contributed by atoms with Crippen LogP contribution in [0.4, 0.5) is 0 Å². The Labute approximate surface area is 161 Å². The van der Waals surface area contributed by atoms with Crippen molar-refractivity contribution in [1.29, 1.82) is 0 Å². The number of aliphatic carboxylic acids is 1. The first-order valence-electron chi connectivity index (χ1n) is 11.1. The van der Waals surface area contributed by atoms with Crippen molar-refractivity contribution >= 4 is 11.9 Å². The number of carboxylic acids is 1. The molecule has 1 atom stereocenters.